The molecular formula is C24H22N4O3S. The van der Waals surface area contributed by atoms with Gasteiger partial charge in [-0.3, -0.25) is 0 Å². The van der Waals surface area contributed by atoms with E-state index in [2.05, 4.69) is 31.9 Å². The lowest BCUT2D eigenvalue weighted by Crippen LogP contribution is -2.48. The quantitative estimate of drug-likeness (QED) is 0.433. The first-order chi connectivity index (χ1) is 15.8. The van der Waals surface area contributed by atoms with E-state index in [9.17, 15) is 0 Å². The molecule has 0 atom stereocenters. The number of aryl methyl sites for hydroxylation is 1. The van der Waals surface area contributed by atoms with E-state index >= 15 is 0 Å². The molecule has 4 aromatic rings. The van der Waals surface area contributed by atoms with E-state index in [1.54, 1.807) is 6.33 Å². The van der Waals surface area contributed by atoms with Gasteiger partial charge >= 0.3 is 0 Å². The molecule has 162 valence electrons. The molecule has 0 aliphatic carbocycles. The van der Waals surface area contributed by atoms with Crippen LogP contribution in [0, 0.1) is 0 Å². The predicted octanol–water partition coefficient (Wildman–Crippen LogP) is 4.19. The molecule has 32 heavy (non-hydrogen) atoms. The van der Waals surface area contributed by atoms with Crippen LogP contribution in [0.2, 0.25) is 0 Å². The lowest BCUT2D eigenvalue weighted by molar-refractivity contribution is 0.174. The summed E-state index contributed by atoms with van der Waals surface area (Å²) in [5.74, 6) is 2.50. The Hall–Kier alpha value is -3.39. The molecular weight excluding hydrogens is 424 g/mol. The topological polar surface area (TPSA) is 63.9 Å². The first-order valence-corrected chi connectivity index (χ1v) is 11.2. The van der Waals surface area contributed by atoms with Gasteiger partial charge in [0.1, 0.15) is 17.4 Å². The van der Waals surface area contributed by atoms with Crippen LogP contribution in [0.4, 0.5) is 5.82 Å². The zero-order chi connectivity index (χ0) is 21.5. The largest absolute Gasteiger partial charge is 0.454 e. The third kappa shape index (κ3) is 3.40. The standard InChI is InChI=1S/C24H22N4O3S/c32-21(8-6-16-5-7-19-20(13-16)30-15-29-19)27-9-11-28(12-10-27)24-23-22(25-14-26-24)17-3-1-2-4-18(17)31-23/h1-5,7,13-14H,6,8-12,15H2. The number of aromatic nitrogens is 2. The van der Waals surface area contributed by atoms with Gasteiger partial charge in [0.15, 0.2) is 22.9 Å². The van der Waals surface area contributed by atoms with Gasteiger partial charge in [0.05, 0.1) is 4.99 Å². The molecule has 0 saturated carbocycles. The van der Waals surface area contributed by atoms with E-state index in [4.69, 9.17) is 26.1 Å². The van der Waals surface area contributed by atoms with Gasteiger partial charge in [0, 0.05) is 38.0 Å². The summed E-state index contributed by atoms with van der Waals surface area (Å²) in [6, 6.07) is 14.1. The molecule has 0 bridgehead atoms. The molecule has 2 aliphatic rings. The number of hydrogen-bond donors (Lipinski definition) is 0. The first kappa shape index (κ1) is 19.3. The normalized spacial score (nSPS) is 15.6. The van der Waals surface area contributed by atoms with E-state index in [0.29, 0.717) is 6.79 Å². The summed E-state index contributed by atoms with van der Waals surface area (Å²) in [6.45, 7) is 3.71. The summed E-state index contributed by atoms with van der Waals surface area (Å²) in [4.78, 5) is 14.6. The maximum absolute atomic E-state index is 6.11. The smallest absolute Gasteiger partial charge is 0.231 e. The molecule has 0 spiro atoms. The number of thiocarbonyl (C=S) groups is 1. The average Bonchev–Trinajstić information content (AvgIpc) is 3.46. The van der Waals surface area contributed by atoms with Crippen LogP contribution in [0.3, 0.4) is 0 Å². The zero-order valence-corrected chi connectivity index (χ0v) is 18.3. The van der Waals surface area contributed by atoms with Crippen molar-refractivity contribution in [2.45, 2.75) is 12.8 Å². The van der Waals surface area contributed by atoms with Gasteiger partial charge in [-0.2, -0.15) is 0 Å². The summed E-state index contributed by atoms with van der Waals surface area (Å²) in [7, 11) is 0. The van der Waals surface area contributed by atoms with Gasteiger partial charge in [0.25, 0.3) is 0 Å². The number of piperazine rings is 1. The van der Waals surface area contributed by atoms with Gasteiger partial charge < -0.3 is 23.7 Å². The Labute approximate surface area is 190 Å². The van der Waals surface area contributed by atoms with Crippen LogP contribution in [0.5, 0.6) is 11.5 Å². The van der Waals surface area contributed by atoms with Crippen LogP contribution in [0.15, 0.2) is 53.2 Å². The van der Waals surface area contributed by atoms with Crippen molar-refractivity contribution in [3.05, 3.63) is 54.4 Å². The van der Waals surface area contributed by atoms with E-state index in [0.717, 1.165) is 83.4 Å². The minimum Gasteiger partial charge on any atom is -0.454 e. The Morgan fingerprint density at radius 1 is 0.969 bits per heavy atom. The SMILES string of the molecule is S=C(CCc1ccc2c(c1)OCO2)N1CCN(c2ncnc3c2oc2ccccc23)CC1. The van der Waals surface area contributed by atoms with Crippen LogP contribution in [-0.2, 0) is 6.42 Å². The molecule has 0 amide bonds. The number of hydrogen-bond acceptors (Lipinski definition) is 7. The second-order valence-corrected chi connectivity index (χ2v) is 8.50. The predicted molar refractivity (Wildman–Crippen MR) is 127 cm³/mol. The number of fused-ring (bicyclic) bond motifs is 4. The van der Waals surface area contributed by atoms with Gasteiger partial charge in [-0.05, 0) is 36.2 Å². The molecule has 2 aromatic heterocycles. The fourth-order valence-electron chi connectivity index (χ4n) is 4.41. The third-order valence-electron chi connectivity index (χ3n) is 6.14. The zero-order valence-electron chi connectivity index (χ0n) is 17.5. The molecule has 0 radical (unpaired) electrons. The van der Waals surface area contributed by atoms with Crippen molar-refractivity contribution in [2.75, 3.05) is 37.9 Å². The van der Waals surface area contributed by atoms with Crippen LogP contribution >= 0.6 is 12.2 Å². The van der Waals surface area contributed by atoms with E-state index in [1.165, 1.54) is 5.56 Å². The number of nitrogens with zero attached hydrogens (tertiary/aromatic N) is 4. The molecule has 4 heterocycles. The first-order valence-electron chi connectivity index (χ1n) is 10.8. The molecule has 6 rings (SSSR count). The Morgan fingerprint density at radius 2 is 1.81 bits per heavy atom. The maximum atomic E-state index is 6.11. The van der Waals surface area contributed by atoms with Gasteiger partial charge in [-0.15, -0.1) is 0 Å². The van der Waals surface area contributed by atoms with Crippen molar-refractivity contribution in [1.82, 2.24) is 14.9 Å². The third-order valence-corrected chi connectivity index (χ3v) is 6.60. The van der Waals surface area contributed by atoms with Gasteiger partial charge in [-0.25, -0.2) is 9.97 Å². The maximum Gasteiger partial charge on any atom is 0.231 e. The number of ether oxygens (including phenoxy) is 2. The molecule has 0 unspecified atom stereocenters. The molecule has 2 aromatic carbocycles. The molecule has 2 aliphatic heterocycles. The molecule has 7 nitrogen and oxygen atoms in total. The number of furan rings is 1. The van der Waals surface area contributed by atoms with Crippen molar-refractivity contribution >= 4 is 45.1 Å². The van der Waals surface area contributed by atoms with Gasteiger partial charge in [-0.1, -0.05) is 30.4 Å². The molecule has 0 N–H and O–H groups in total. The molecule has 1 saturated heterocycles. The monoisotopic (exact) mass is 446 g/mol. The fourth-order valence-corrected chi connectivity index (χ4v) is 4.69. The number of para-hydroxylation sites is 1. The summed E-state index contributed by atoms with van der Waals surface area (Å²) in [5, 5.41) is 1.02. The Kier molecular flexibility index (Phi) is 4.79. The highest BCUT2D eigenvalue weighted by molar-refractivity contribution is 7.80. The van der Waals surface area contributed by atoms with E-state index in [-0.39, 0.29) is 0 Å². The summed E-state index contributed by atoms with van der Waals surface area (Å²) in [5.41, 5.74) is 3.68. The van der Waals surface area contributed by atoms with E-state index in [1.807, 2.05) is 30.3 Å². The number of anilines is 1. The molecule has 8 heteroatoms. The summed E-state index contributed by atoms with van der Waals surface area (Å²) < 4.78 is 17.0. The lowest BCUT2D eigenvalue weighted by Gasteiger charge is -2.36. The highest BCUT2D eigenvalue weighted by Gasteiger charge is 2.24. The van der Waals surface area contributed by atoms with Crippen molar-refractivity contribution in [3.8, 4) is 11.5 Å². The average molecular weight is 447 g/mol. The minimum atomic E-state index is 0.300. The van der Waals surface area contributed by atoms with Crippen LogP contribution in [0.25, 0.3) is 22.1 Å². The van der Waals surface area contributed by atoms with Crippen molar-refractivity contribution < 1.29 is 13.9 Å². The fraction of sp³-hybridized carbons (Fsp3) is 0.292. The number of rotatable bonds is 4. The highest BCUT2D eigenvalue weighted by atomic mass is 32.1. The van der Waals surface area contributed by atoms with Crippen molar-refractivity contribution in [3.63, 3.8) is 0 Å². The Morgan fingerprint density at radius 3 is 2.72 bits per heavy atom. The second kappa shape index (κ2) is 7.94. The second-order valence-electron chi connectivity index (χ2n) is 8.03. The van der Waals surface area contributed by atoms with Crippen molar-refractivity contribution in [1.29, 1.82) is 0 Å². The van der Waals surface area contributed by atoms with Crippen LogP contribution in [0.1, 0.15) is 12.0 Å². The summed E-state index contributed by atoms with van der Waals surface area (Å²) >= 11 is 5.76. The lowest BCUT2D eigenvalue weighted by atomic mass is 10.1. The van der Waals surface area contributed by atoms with Gasteiger partial charge in [0.2, 0.25) is 6.79 Å². The Balaban J connectivity index is 1.11. The summed E-state index contributed by atoms with van der Waals surface area (Å²) in [6.07, 6.45) is 3.36. The molecule has 1 fully saturated rings. The minimum absolute atomic E-state index is 0.300. The van der Waals surface area contributed by atoms with Crippen molar-refractivity contribution in [2.24, 2.45) is 0 Å². The van der Waals surface area contributed by atoms with Crippen LogP contribution < -0.4 is 14.4 Å². The number of benzene rings is 2. The Bertz CT molecular complexity index is 1310. The highest BCUT2D eigenvalue weighted by Crippen LogP contribution is 2.34. The van der Waals surface area contributed by atoms with E-state index < -0.39 is 0 Å². The van der Waals surface area contributed by atoms with Crippen LogP contribution in [-0.4, -0.2) is 52.8 Å².